The topological polar surface area (TPSA) is 79.7 Å². The summed E-state index contributed by atoms with van der Waals surface area (Å²) < 4.78 is 1.97. The average Bonchev–Trinajstić information content (AvgIpc) is 3.33. The third kappa shape index (κ3) is 3.05. The van der Waals surface area contributed by atoms with Crippen molar-refractivity contribution >= 4 is 5.91 Å². The van der Waals surface area contributed by atoms with Gasteiger partial charge in [0, 0.05) is 43.3 Å². The summed E-state index contributed by atoms with van der Waals surface area (Å²) in [4.78, 5) is 23.5. The maximum absolute atomic E-state index is 12.6. The third-order valence-electron chi connectivity index (χ3n) is 4.69. The number of carbonyl (C=O) groups is 1. The molecule has 0 aliphatic carbocycles. The molecule has 3 aromatic heterocycles. The molecule has 1 unspecified atom stereocenters. The lowest BCUT2D eigenvalue weighted by atomic mass is 9.94. The van der Waals surface area contributed by atoms with Crippen LogP contribution in [0.4, 0.5) is 0 Å². The van der Waals surface area contributed by atoms with Crippen LogP contribution >= 0.6 is 0 Å². The first-order chi connectivity index (χ1) is 12.2. The van der Waals surface area contributed by atoms with Crippen molar-refractivity contribution in [2.24, 2.45) is 0 Å². The van der Waals surface area contributed by atoms with E-state index in [0.717, 1.165) is 36.7 Å². The maximum Gasteiger partial charge on any atom is 0.271 e. The van der Waals surface area contributed by atoms with Crippen LogP contribution in [0.5, 0.6) is 0 Å². The standard InChI is InChI=1S/C18H20N6O/c1-13-19-9-11-24(13)17-6-2-5-15(21-17)14-4-3-10-23(12-14)18(25)16-7-8-20-22-16/h2,5-9,11,14H,3-4,10,12H2,1H3,(H,20,22). The van der Waals surface area contributed by atoms with Crippen molar-refractivity contribution in [2.75, 3.05) is 13.1 Å². The Bertz CT molecular complexity index is 869. The Morgan fingerprint density at radius 1 is 1.28 bits per heavy atom. The lowest BCUT2D eigenvalue weighted by Gasteiger charge is -2.32. The maximum atomic E-state index is 12.6. The summed E-state index contributed by atoms with van der Waals surface area (Å²) in [6, 6.07) is 7.76. The van der Waals surface area contributed by atoms with Gasteiger partial charge >= 0.3 is 0 Å². The van der Waals surface area contributed by atoms with E-state index < -0.39 is 0 Å². The number of carbonyl (C=O) groups excluding carboxylic acids is 1. The van der Waals surface area contributed by atoms with Crippen LogP contribution in [0.1, 0.15) is 40.8 Å². The highest BCUT2D eigenvalue weighted by atomic mass is 16.2. The molecule has 7 heteroatoms. The quantitative estimate of drug-likeness (QED) is 0.796. The second-order valence-electron chi connectivity index (χ2n) is 6.33. The molecule has 0 saturated carbocycles. The van der Waals surface area contributed by atoms with Gasteiger partial charge in [-0.25, -0.2) is 9.97 Å². The van der Waals surface area contributed by atoms with Crippen LogP contribution < -0.4 is 0 Å². The smallest absolute Gasteiger partial charge is 0.271 e. The first-order valence-corrected chi connectivity index (χ1v) is 8.48. The van der Waals surface area contributed by atoms with Gasteiger partial charge in [0.25, 0.3) is 5.91 Å². The molecule has 1 aliphatic rings. The van der Waals surface area contributed by atoms with Crippen LogP contribution in [0.3, 0.4) is 0 Å². The van der Waals surface area contributed by atoms with Crippen LogP contribution in [-0.2, 0) is 0 Å². The van der Waals surface area contributed by atoms with E-state index in [0.29, 0.717) is 12.2 Å². The molecule has 7 nitrogen and oxygen atoms in total. The fourth-order valence-electron chi connectivity index (χ4n) is 3.37. The molecule has 0 spiro atoms. The number of H-pyrrole nitrogens is 1. The van der Waals surface area contributed by atoms with Crippen molar-refractivity contribution in [3.05, 3.63) is 60.1 Å². The van der Waals surface area contributed by atoms with Crippen molar-refractivity contribution in [1.82, 2.24) is 29.6 Å². The Labute approximate surface area is 145 Å². The number of likely N-dealkylation sites (tertiary alicyclic amines) is 1. The van der Waals surface area contributed by atoms with Gasteiger partial charge in [-0.2, -0.15) is 5.10 Å². The van der Waals surface area contributed by atoms with E-state index in [-0.39, 0.29) is 11.8 Å². The predicted octanol–water partition coefficient (Wildman–Crippen LogP) is 2.32. The molecule has 25 heavy (non-hydrogen) atoms. The number of pyridine rings is 1. The zero-order valence-electron chi connectivity index (χ0n) is 14.1. The Morgan fingerprint density at radius 3 is 2.96 bits per heavy atom. The number of hydrogen-bond donors (Lipinski definition) is 1. The molecule has 1 aliphatic heterocycles. The van der Waals surface area contributed by atoms with E-state index in [1.807, 2.05) is 40.8 Å². The molecule has 1 fully saturated rings. The summed E-state index contributed by atoms with van der Waals surface area (Å²) in [5, 5.41) is 6.63. The predicted molar refractivity (Wildman–Crippen MR) is 92.6 cm³/mol. The summed E-state index contributed by atoms with van der Waals surface area (Å²) in [7, 11) is 0. The fraction of sp³-hybridized carbons (Fsp3) is 0.333. The summed E-state index contributed by atoms with van der Waals surface area (Å²) >= 11 is 0. The molecule has 0 radical (unpaired) electrons. The van der Waals surface area contributed by atoms with Crippen LogP contribution in [0.15, 0.2) is 42.9 Å². The van der Waals surface area contributed by atoms with E-state index >= 15 is 0 Å². The molecular weight excluding hydrogens is 316 g/mol. The highest BCUT2D eigenvalue weighted by Crippen LogP contribution is 2.27. The molecule has 3 aromatic rings. The molecule has 128 valence electrons. The SMILES string of the molecule is Cc1nccn1-c1cccc(C2CCCN(C(=O)c3ccn[nH]3)C2)n1. The number of amides is 1. The minimum atomic E-state index is 0.00353. The molecule has 0 bridgehead atoms. The number of rotatable bonds is 3. The monoisotopic (exact) mass is 336 g/mol. The number of nitrogens with one attached hydrogen (secondary N) is 1. The van der Waals surface area contributed by atoms with Gasteiger partial charge in [-0.05, 0) is 38.0 Å². The van der Waals surface area contributed by atoms with Gasteiger partial charge in [-0.1, -0.05) is 6.07 Å². The first kappa shape index (κ1) is 15.6. The lowest BCUT2D eigenvalue weighted by Crippen LogP contribution is -2.39. The molecule has 1 amide bonds. The molecule has 0 aromatic carbocycles. The zero-order valence-corrected chi connectivity index (χ0v) is 14.1. The molecule has 1 atom stereocenters. The van der Waals surface area contributed by atoms with Gasteiger partial charge in [-0.15, -0.1) is 0 Å². The first-order valence-electron chi connectivity index (χ1n) is 8.48. The van der Waals surface area contributed by atoms with Crippen molar-refractivity contribution in [3.8, 4) is 5.82 Å². The van der Waals surface area contributed by atoms with Gasteiger partial charge in [0.05, 0.1) is 0 Å². The Kier molecular flexibility index (Phi) is 4.05. The fourth-order valence-corrected chi connectivity index (χ4v) is 3.37. The number of aromatic amines is 1. The molecular formula is C18H20N6O. The summed E-state index contributed by atoms with van der Waals surface area (Å²) in [6.45, 7) is 3.41. The molecule has 1 saturated heterocycles. The number of hydrogen-bond acceptors (Lipinski definition) is 4. The van der Waals surface area contributed by atoms with E-state index in [1.165, 1.54) is 0 Å². The molecule has 4 rings (SSSR count). The van der Waals surface area contributed by atoms with Gasteiger partial charge in [-0.3, -0.25) is 14.5 Å². The van der Waals surface area contributed by atoms with Crippen molar-refractivity contribution < 1.29 is 4.79 Å². The Balaban J connectivity index is 1.56. The summed E-state index contributed by atoms with van der Waals surface area (Å²) in [5.74, 6) is 2.02. The van der Waals surface area contributed by atoms with Crippen LogP contribution in [-0.4, -0.2) is 48.6 Å². The highest BCUT2D eigenvalue weighted by molar-refractivity contribution is 5.92. The average molecular weight is 336 g/mol. The molecule has 4 heterocycles. The van der Waals surface area contributed by atoms with Gasteiger partial charge < -0.3 is 4.90 Å². The summed E-state index contributed by atoms with van der Waals surface area (Å²) in [5.41, 5.74) is 1.56. The number of piperidine rings is 1. The minimum absolute atomic E-state index is 0.00353. The second kappa shape index (κ2) is 6.51. The Morgan fingerprint density at radius 2 is 2.20 bits per heavy atom. The van der Waals surface area contributed by atoms with Gasteiger partial charge in [0.1, 0.15) is 17.3 Å². The van der Waals surface area contributed by atoms with Crippen LogP contribution in [0.25, 0.3) is 5.82 Å². The third-order valence-corrected chi connectivity index (χ3v) is 4.69. The highest BCUT2D eigenvalue weighted by Gasteiger charge is 2.27. The zero-order chi connectivity index (χ0) is 17.2. The van der Waals surface area contributed by atoms with Crippen LogP contribution in [0, 0.1) is 6.92 Å². The van der Waals surface area contributed by atoms with Crippen molar-refractivity contribution in [1.29, 1.82) is 0 Å². The number of imidazole rings is 1. The minimum Gasteiger partial charge on any atom is -0.337 e. The number of aryl methyl sites for hydroxylation is 1. The lowest BCUT2D eigenvalue weighted by molar-refractivity contribution is 0.0700. The number of nitrogens with zero attached hydrogens (tertiary/aromatic N) is 5. The largest absolute Gasteiger partial charge is 0.337 e. The van der Waals surface area contributed by atoms with E-state index in [9.17, 15) is 4.79 Å². The van der Waals surface area contributed by atoms with Crippen molar-refractivity contribution in [2.45, 2.75) is 25.7 Å². The van der Waals surface area contributed by atoms with E-state index in [2.05, 4.69) is 15.2 Å². The normalized spacial score (nSPS) is 17.6. The number of aromatic nitrogens is 5. The molecule has 1 N–H and O–H groups in total. The second-order valence-corrected chi connectivity index (χ2v) is 6.33. The van der Waals surface area contributed by atoms with Crippen LogP contribution in [0.2, 0.25) is 0 Å². The Hall–Kier alpha value is -2.96. The summed E-state index contributed by atoms with van der Waals surface area (Å²) in [6.07, 6.45) is 7.30. The van der Waals surface area contributed by atoms with E-state index in [4.69, 9.17) is 4.98 Å². The van der Waals surface area contributed by atoms with Gasteiger partial charge in [0.2, 0.25) is 0 Å². The van der Waals surface area contributed by atoms with Gasteiger partial charge in [0.15, 0.2) is 0 Å². The van der Waals surface area contributed by atoms with Crippen molar-refractivity contribution in [3.63, 3.8) is 0 Å². The van der Waals surface area contributed by atoms with E-state index in [1.54, 1.807) is 18.5 Å².